The fourth-order valence-electron chi connectivity index (χ4n) is 6.10. The Balaban J connectivity index is 1.19. The van der Waals surface area contributed by atoms with Crippen LogP contribution in [0.4, 0.5) is 5.69 Å². The number of rotatable bonds is 9. The quantitative estimate of drug-likeness (QED) is 0.392. The number of hydrogen-bond donors (Lipinski definition) is 3. The summed E-state index contributed by atoms with van der Waals surface area (Å²) in [7, 11) is 1.74. The average Bonchev–Trinajstić information content (AvgIpc) is 3.41. The van der Waals surface area contributed by atoms with E-state index in [4.69, 9.17) is 0 Å². The molecule has 4 atom stereocenters. The smallest absolute Gasteiger partial charge is 0.270 e. The van der Waals surface area contributed by atoms with E-state index in [-0.39, 0.29) is 40.7 Å². The molecular formula is C28H38N7O4S+. The number of aryl methyl sites for hydroxylation is 1. The van der Waals surface area contributed by atoms with Crippen molar-refractivity contribution in [2.45, 2.75) is 55.2 Å². The van der Waals surface area contributed by atoms with Crippen LogP contribution >= 0.6 is 11.8 Å². The van der Waals surface area contributed by atoms with Gasteiger partial charge in [-0.05, 0) is 29.7 Å². The molecule has 3 aliphatic rings. The molecule has 40 heavy (non-hydrogen) atoms. The molecule has 3 fully saturated rings. The topological polar surface area (TPSA) is 142 Å². The van der Waals surface area contributed by atoms with E-state index in [1.54, 1.807) is 41.0 Å². The van der Waals surface area contributed by atoms with Crippen LogP contribution in [0.25, 0.3) is 0 Å². The minimum atomic E-state index is -0.945. The van der Waals surface area contributed by atoms with Crippen LogP contribution in [0.1, 0.15) is 48.2 Å². The molecule has 0 spiro atoms. The zero-order valence-electron chi connectivity index (χ0n) is 22.8. The standard InChI is InChI=1S/C28H37N7O4S/c1-34-22(11-12-30-34)25(36)32-27-23(19-5-3-2-4-6-19)24(40-27)26(37)31-20-9-7-18(8-10-20)17-21(33-39)28(38)35-15-13-29-14-16-35/h7-12,19,21,23-24,27,29H,2-6,13-17H2,1H3,(H,31,37)(H,32,36)/p+1. The first-order chi connectivity index (χ1) is 19.4. The molecule has 214 valence electrons. The highest BCUT2D eigenvalue weighted by Gasteiger charge is 2.50. The van der Waals surface area contributed by atoms with Crippen LogP contribution in [0.2, 0.25) is 0 Å². The molecule has 5 rings (SSSR count). The van der Waals surface area contributed by atoms with Gasteiger partial charge in [-0.2, -0.15) is 5.10 Å². The van der Waals surface area contributed by atoms with E-state index in [1.807, 2.05) is 12.1 Å². The number of benzene rings is 1. The lowest BCUT2D eigenvalue weighted by molar-refractivity contribution is -0.662. The fourth-order valence-corrected chi connectivity index (χ4v) is 7.62. The van der Waals surface area contributed by atoms with Crippen LogP contribution in [-0.2, 0) is 23.1 Å². The van der Waals surface area contributed by atoms with Crippen molar-refractivity contribution in [3.63, 3.8) is 0 Å². The van der Waals surface area contributed by atoms with Gasteiger partial charge in [0.2, 0.25) is 5.91 Å². The van der Waals surface area contributed by atoms with Crippen molar-refractivity contribution in [2.24, 2.45) is 24.1 Å². The largest absolute Gasteiger partial charge is 0.343 e. The van der Waals surface area contributed by atoms with Gasteiger partial charge in [0.1, 0.15) is 5.69 Å². The Morgan fingerprint density at radius 1 is 1.10 bits per heavy atom. The van der Waals surface area contributed by atoms with Gasteiger partial charge >= 0.3 is 0 Å². The van der Waals surface area contributed by atoms with Gasteiger partial charge in [-0.3, -0.25) is 19.1 Å². The summed E-state index contributed by atoms with van der Waals surface area (Å²) in [6.07, 6.45) is 7.50. The number of nitrogens with two attached hydrogens (primary N) is 1. The maximum Gasteiger partial charge on any atom is 0.270 e. The molecule has 3 amide bonds. The maximum atomic E-state index is 13.4. The lowest BCUT2D eigenvalue weighted by Crippen LogP contribution is -2.90. The first kappa shape index (κ1) is 28.3. The van der Waals surface area contributed by atoms with Crippen molar-refractivity contribution in [1.29, 1.82) is 0 Å². The average molecular weight is 569 g/mol. The monoisotopic (exact) mass is 568 g/mol. The number of carbonyl (C=O) groups is 3. The van der Waals surface area contributed by atoms with Crippen LogP contribution < -0.4 is 16.0 Å². The summed E-state index contributed by atoms with van der Waals surface area (Å²) >= 11 is 1.50. The third-order valence-corrected chi connectivity index (χ3v) is 9.90. The SMILES string of the molecule is Cn1nccc1C(=O)NC1SC(C(=O)Nc2ccc(CC(N=O)C(=O)N3CC[NH2+]CC3)cc2)C1C1CCCCC1. The second-order valence-electron chi connectivity index (χ2n) is 11.0. The molecule has 2 saturated heterocycles. The predicted molar refractivity (Wildman–Crippen MR) is 153 cm³/mol. The Labute approximate surface area is 238 Å². The minimum Gasteiger partial charge on any atom is -0.343 e. The van der Waals surface area contributed by atoms with Crippen LogP contribution in [0.15, 0.2) is 41.7 Å². The Hall–Kier alpha value is -3.25. The number of thioether (sulfide) groups is 1. The third kappa shape index (κ3) is 6.38. The van der Waals surface area contributed by atoms with Crippen molar-refractivity contribution in [1.82, 2.24) is 20.0 Å². The van der Waals surface area contributed by atoms with Crippen LogP contribution in [0, 0.1) is 16.7 Å². The molecule has 4 unspecified atom stereocenters. The molecule has 1 aromatic carbocycles. The first-order valence-corrected chi connectivity index (χ1v) is 15.2. The van der Waals surface area contributed by atoms with E-state index >= 15 is 0 Å². The minimum absolute atomic E-state index is 0.0659. The Morgan fingerprint density at radius 3 is 2.48 bits per heavy atom. The lowest BCUT2D eigenvalue weighted by atomic mass is 9.77. The zero-order chi connectivity index (χ0) is 28.1. The number of nitrogens with zero attached hydrogens (tertiary/aromatic N) is 4. The number of carbonyl (C=O) groups excluding carboxylic acids is 3. The number of amides is 3. The van der Waals surface area contributed by atoms with Gasteiger partial charge in [0.25, 0.3) is 11.8 Å². The molecular weight excluding hydrogens is 530 g/mol. The molecule has 11 nitrogen and oxygen atoms in total. The Kier molecular flexibility index (Phi) is 9.15. The maximum absolute atomic E-state index is 13.4. The third-order valence-electron chi connectivity index (χ3n) is 8.35. The van der Waals surface area contributed by atoms with E-state index in [0.29, 0.717) is 30.4 Å². The number of piperazine rings is 1. The number of quaternary nitrogens is 1. The number of anilines is 1. The Morgan fingerprint density at radius 2 is 1.82 bits per heavy atom. The fraction of sp³-hybridized carbons (Fsp3) is 0.571. The van der Waals surface area contributed by atoms with Crippen molar-refractivity contribution in [3.05, 3.63) is 52.7 Å². The van der Waals surface area contributed by atoms with Crippen molar-refractivity contribution >= 4 is 35.2 Å². The van der Waals surface area contributed by atoms with Gasteiger partial charge in [0, 0.05) is 31.3 Å². The molecule has 3 heterocycles. The van der Waals surface area contributed by atoms with E-state index in [1.165, 1.54) is 18.2 Å². The first-order valence-electron chi connectivity index (χ1n) is 14.2. The molecule has 12 heteroatoms. The normalized spacial score (nSPS) is 24.0. The number of nitroso groups, excluding NO2 is 1. The molecule has 0 bridgehead atoms. The van der Waals surface area contributed by atoms with Crippen LogP contribution in [-0.4, -0.2) is 75.2 Å². The van der Waals surface area contributed by atoms with Gasteiger partial charge in [0.05, 0.1) is 36.8 Å². The van der Waals surface area contributed by atoms with Crippen molar-refractivity contribution < 1.29 is 19.7 Å². The summed E-state index contributed by atoms with van der Waals surface area (Å²) in [5, 5.41) is 15.2. The summed E-state index contributed by atoms with van der Waals surface area (Å²) in [6, 6.07) is 8.01. The predicted octanol–water partition coefficient (Wildman–Crippen LogP) is 1.51. The Bertz CT molecular complexity index is 1210. The molecule has 1 aromatic heterocycles. The number of aromatic nitrogens is 2. The zero-order valence-corrected chi connectivity index (χ0v) is 23.6. The van der Waals surface area contributed by atoms with Crippen LogP contribution in [0.3, 0.4) is 0 Å². The number of hydrogen-bond acceptors (Lipinski definition) is 7. The molecule has 0 radical (unpaired) electrons. The van der Waals surface area contributed by atoms with Crippen molar-refractivity contribution in [2.75, 3.05) is 31.5 Å². The van der Waals surface area contributed by atoms with Gasteiger partial charge in [-0.15, -0.1) is 16.7 Å². The highest BCUT2D eigenvalue weighted by molar-refractivity contribution is 8.02. The van der Waals surface area contributed by atoms with E-state index in [0.717, 1.165) is 44.3 Å². The highest BCUT2D eigenvalue weighted by atomic mass is 32.2. The summed E-state index contributed by atoms with van der Waals surface area (Å²) < 4.78 is 1.55. The lowest BCUT2D eigenvalue weighted by Gasteiger charge is -2.48. The number of nitrogens with one attached hydrogen (secondary N) is 2. The molecule has 2 aliphatic heterocycles. The van der Waals surface area contributed by atoms with Crippen molar-refractivity contribution in [3.8, 4) is 0 Å². The summed E-state index contributed by atoms with van der Waals surface area (Å²) in [6.45, 7) is 2.93. The van der Waals surface area contributed by atoms with Crippen LogP contribution in [0.5, 0.6) is 0 Å². The molecule has 2 aromatic rings. The van der Waals surface area contributed by atoms with Gasteiger partial charge in [0.15, 0.2) is 6.04 Å². The second-order valence-corrected chi connectivity index (χ2v) is 12.3. The summed E-state index contributed by atoms with van der Waals surface area (Å²) in [5.41, 5.74) is 1.97. The molecule has 1 saturated carbocycles. The molecule has 4 N–H and O–H groups in total. The summed E-state index contributed by atoms with van der Waals surface area (Å²) in [5.74, 6) is 0.00534. The van der Waals surface area contributed by atoms with E-state index in [9.17, 15) is 19.3 Å². The van der Waals surface area contributed by atoms with E-state index < -0.39 is 6.04 Å². The molecule has 1 aliphatic carbocycles. The highest BCUT2D eigenvalue weighted by Crippen LogP contribution is 2.49. The summed E-state index contributed by atoms with van der Waals surface area (Å²) in [4.78, 5) is 52.1. The van der Waals surface area contributed by atoms with E-state index in [2.05, 4.69) is 26.2 Å². The van der Waals surface area contributed by atoms with Gasteiger partial charge in [-0.25, -0.2) is 0 Å². The van der Waals surface area contributed by atoms with Gasteiger partial charge in [-0.1, -0.05) is 49.4 Å². The van der Waals surface area contributed by atoms with Gasteiger partial charge < -0.3 is 20.9 Å². The second kappa shape index (κ2) is 12.9.